The minimum atomic E-state index is -1.21. The maximum absolute atomic E-state index is 12.9. The number of benzene rings is 2. The van der Waals surface area contributed by atoms with Gasteiger partial charge in [-0.2, -0.15) is 0 Å². The Bertz CT molecular complexity index is 886. The number of nitrogens with zero attached hydrogens (tertiary/aromatic N) is 2. The summed E-state index contributed by atoms with van der Waals surface area (Å²) in [6.07, 6.45) is 1.87. The summed E-state index contributed by atoms with van der Waals surface area (Å²) >= 11 is 0. The highest BCUT2D eigenvalue weighted by atomic mass is 16.6. The first-order valence-electron chi connectivity index (χ1n) is 10.0. The van der Waals surface area contributed by atoms with Gasteiger partial charge in [0.15, 0.2) is 0 Å². The smallest absolute Gasteiger partial charge is 0.416 e. The van der Waals surface area contributed by atoms with Crippen molar-refractivity contribution in [3.05, 3.63) is 88.5 Å². The number of para-hydroxylation sites is 1. The van der Waals surface area contributed by atoms with Crippen LogP contribution >= 0.6 is 0 Å². The van der Waals surface area contributed by atoms with Gasteiger partial charge in [0.2, 0.25) is 6.54 Å². The highest BCUT2D eigenvalue weighted by Crippen LogP contribution is 2.44. The van der Waals surface area contributed by atoms with Gasteiger partial charge in [-0.05, 0) is 36.5 Å². The lowest BCUT2D eigenvalue weighted by Gasteiger charge is -2.42. The summed E-state index contributed by atoms with van der Waals surface area (Å²) in [5.74, 6) is -0.969. The molecule has 3 atom stereocenters. The van der Waals surface area contributed by atoms with Crippen molar-refractivity contribution in [1.82, 2.24) is 0 Å². The molecular weight excluding hydrogens is 384 g/mol. The summed E-state index contributed by atoms with van der Waals surface area (Å²) in [4.78, 5) is 25.1. The molecule has 0 aromatic heterocycles. The van der Waals surface area contributed by atoms with Gasteiger partial charge in [0.05, 0.1) is 11.6 Å². The Balaban J connectivity index is 1.89. The zero-order valence-electron chi connectivity index (χ0n) is 16.7. The number of aliphatic hydroxyl groups is 1. The molecule has 0 spiro atoms. The van der Waals surface area contributed by atoms with Crippen LogP contribution in [-0.4, -0.2) is 28.9 Å². The van der Waals surface area contributed by atoms with E-state index in [4.69, 9.17) is 4.74 Å². The third kappa shape index (κ3) is 4.86. The molecule has 1 heterocycles. The van der Waals surface area contributed by atoms with Gasteiger partial charge in [-0.3, -0.25) is 15.0 Å². The van der Waals surface area contributed by atoms with Gasteiger partial charge in [-0.25, -0.2) is 4.79 Å². The fourth-order valence-electron chi connectivity index (χ4n) is 4.03. The number of allylic oxidation sites excluding steroid dienone is 1. The second-order valence-corrected chi connectivity index (χ2v) is 7.39. The van der Waals surface area contributed by atoms with Gasteiger partial charge in [0.1, 0.15) is 12.8 Å². The summed E-state index contributed by atoms with van der Waals surface area (Å²) in [5.41, 5.74) is 1.97. The highest BCUT2D eigenvalue weighted by molar-refractivity contribution is 5.90. The molecule has 0 unspecified atom stereocenters. The van der Waals surface area contributed by atoms with Crippen LogP contribution in [0.5, 0.6) is 0 Å². The van der Waals surface area contributed by atoms with Gasteiger partial charge in [-0.15, -0.1) is 6.58 Å². The Hall–Kier alpha value is -3.19. The van der Waals surface area contributed by atoms with Crippen LogP contribution in [0, 0.1) is 16.0 Å². The lowest BCUT2D eigenvalue weighted by Crippen LogP contribution is -2.51. The number of anilines is 1. The number of aliphatic hydroxyl groups excluding tert-OH is 1. The van der Waals surface area contributed by atoms with E-state index in [1.807, 2.05) is 30.3 Å². The molecule has 0 bridgehead atoms. The van der Waals surface area contributed by atoms with E-state index in [1.54, 1.807) is 30.3 Å². The van der Waals surface area contributed by atoms with Crippen molar-refractivity contribution >= 4 is 11.8 Å². The second-order valence-electron chi connectivity index (χ2n) is 7.39. The first-order chi connectivity index (χ1) is 14.5. The quantitative estimate of drug-likeness (QED) is 0.299. The van der Waals surface area contributed by atoms with Crippen LogP contribution in [0.25, 0.3) is 0 Å². The van der Waals surface area contributed by atoms with E-state index < -0.39 is 24.2 Å². The predicted molar refractivity (Wildman–Crippen MR) is 114 cm³/mol. The molecule has 0 saturated heterocycles. The first kappa shape index (κ1) is 21.5. The van der Waals surface area contributed by atoms with Crippen molar-refractivity contribution in [2.24, 2.45) is 5.92 Å². The fraction of sp³-hybridized carbons (Fsp3) is 0.348. The monoisotopic (exact) mass is 410 g/mol. The molecule has 3 rings (SSSR count). The third-order valence-corrected chi connectivity index (χ3v) is 5.45. The number of fused-ring (bicyclic) bond motifs is 1. The van der Waals surface area contributed by atoms with Crippen molar-refractivity contribution in [2.75, 3.05) is 11.4 Å². The summed E-state index contributed by atoms with van der Waals surface area (Å²) in [5, 5.41) is 22.4. The molecule has 1 aliphatic heterocycles. The molecule has 7 nitrogen and oxygen atoms in total. The number of nitro groups is 1. The van der Waals surface area contributed by atoms with E-state index in [-0.39, 0.29) is 18.1 Å². The number of amides is 1. The van der Waals surface area contributed by atoms with E-state index in [1.165, 1.54) is 4.90 Å². The zero-order valence-corrected chi connectivity index (χ0v) is 16.7. The Morgan fingerprint density at radius 1 is 1.20 bits per heavy atom. The molecule has 0 saturated carbocycles. The number of hydrogen-bond donors (Lipinski definition) is 1. The normalized spacial score (nSPS) is 20.3. The van der Waals surface area contributed by atoms with Gasteiger partial charge in [0.25, 0.3) is 0 Å². The highest BCUT2D eigenvalue weighted by Gasteiger charge is 2.45. The standard InChI is InChI=1S/C23H26N2O5/c1-2-3-5-13-19-20(15-24(28)29)18-12-8-9-14-21(18)25(22(19)26)23(27)30-16-17-10-6-4-7-11-17/h2,4,6-12,14,19-20,22,26H,1,3,5,13,15-16H2/t19-,20-,22-/m1/s1. The van der Waals surface area contributed by atoms with E-state index >= 15 is 0 Å². The number of hydrogen-bond acceptors (Lipinski definition) is 5. The number of carbonyl (C=O) groups excluding carboxylic acids is 1. The van der Waals surface area contributed by atoms with Crippen molar-refractivity contribution < 1.29 is 19.6 Å². The second kappa shape index (κ2) is 10.0. The van der Waals surface area contributed by atoms with Crippen LogP contribution in [0.2, 0.25) is 0 Å². The number of ether oxygens (including phenoxy) is 1. The molecule has 1 aliphatic rings. The van der Waals surface area contributed by atoms with Crippen LogP contribution in [0.3, 0.4) is 0 Å². The van der Waals surface area contributed by atoms with Gasteiger partial charge in [-0.1, -0.05) is 54.6 Å². The minimum Gasteiger partial charge on any atom is -0.444 e. The van der Waals surface area contributed by atoms with Gasteiger partial charge < -0.3 is 9.84 Å². The molecule has 0 aliphatic carbocycles. The van der Waals surface area contributed by atoms with Crippen molar-refractivity contribution in [2.45, 2.75) is 38.0 Å². The number of unbranched alkanes of at least 4 members (excludes halogenated alkanes) is 1. The van der Waals surface area contributed by atoms with Crippen LogP contribution < -0.4 is 4.90 Å². The van der Waals surface area contributed by atoms with Crippen molar-refractivity contribution in [3.8, 4) is 0 Å². The summed E-state index contributed by atoms with van der Waals surface area (Å²) in [6, 6.07) is 16.3. The lowest BCUT2D eigenvalue weighted by atomic mass is 9.77. The Morgan fingerprint density at radius 2 is 1.90 bits per heavy atom. The molecule has 2 aromatic rings. The summed E-state index contributed by atoms with van der Waals surface area (Å²) in [6.45, 7) is 3.47. The molecule has 2 aromatic carbocycles. The Labute approximate surface area is 175 Å². The Kier molecular flexibility index (Phi) is 7.19. The Morgan fingerprint density at radius 3 is 2.60 bits per heavy atom. The minimum absolute atomic E-state index is 0.0739. The molecule has 1 amide bonds. The maximum atomic E-state index is 12.9. The summed E-state index contributed by atoms with van der Waals surface area (Å²) < 4.78 is 5.46. The zero-order chi connectivity index (χ0) is 21.5. The largest absolute Gasteiger partial charge is 0.444 e. The predicted octanol–water partition coefficient (Wildman–Crippen LogP) is 4.49. The average molecular weight is 410 g/mol. The topological polar surface area (TPSA) is 92.9 Å². The van der Waals surface area contributed by atoms with Crippen LogP contribution in [0.15, 0.2) is 67.3 Å². The lowest BCUT2D eigenvalue weighted by molar-refractivity contribution is -0.485. The van der Waals surface area contributed by atoms with E-state index in [0.717, 1.165) is 12.0 Å². The van der Waals surface area contributed by atoms with Gasteiger partial charge >= 0.3 is 6.09 Å². The number of rotatable bonds is 8. The van der Waals surface area contributed by atoms with Crippen LogP contribution in [0.1, 0.15) is 36.3 Å². The fourth-order valence-corrected chi connectivity index (χ4v) is 4.03. The van der Waals surface area contributed by atoms with Crippen molar-refractivity contribution in [1.29, 1.82) is 0 Å². The van der Waals surface area contributed by atoms with E-state index in [2.05, 4.69) is 6.58 Å². The molecular formula is C23H26N2O5. The van der Waals surface area contributed by atoms with E-state index in [9.17, 15) is 20.0 Å². The molecule has 0 fully saturated rings. The first-order valence-corrected chi connectivity index (χ1v) is 10.0. The summed E-state index contributed by atoms with van der Waals surface area (Å²) in [7, 11) is 0. The average Bonchev–Trinajstić information content (AvgIpc) is 2.74. The molecule has 1 N–H and O–H groups in total. The van der Waals surface area contributed by atoms with Gasteiger partial charge in [0, 0.05) is 10.8 Å². The van der Waals surface area contributed by atoms with E-state index in [0.29, 0.717) is 24.1 Å². The van der Waals surface area contributed by atoms with Crippen LogP contribution in [0.4, 0.5) is 10.5 Å². The third-order valence-electron chi connectivity index (χ3n) is 5.45. The number of carbonyl (C=O) groups is 1. The maximum Gasteiger partial charge on any atom is 0.416 e. The molecule has 0 radical (unpaired) electrons. The van der Waals surface area contributed by atoms with Crippen molar-refractivity contribution in [3.63, 3.8) is 0 Å². The SMILES string of the molecule is C=CCCC[C@@H]1[C@H](C[N+](=O)[O-])c2ccccc2N(C(=O)OCc2ccccc2)[C@@H]1O. The molecule has 30 heavy (non-hydrogen) atoms. The molecule has 7 heteroatoms. The molecule has 158 valence electrons. The van der Waals surface area contributed by atoms with Crippen LogP contribution in [-0.2, 0) is 11.3 Å².